The van der Waals surface area contributed by atoms with Gasteiger partial charge in [0.2, 0.25) is 0 Å². The van der Waals surface area contributed by atoms with Crippen molar-refractivity contribution >= 4 is 5.78 Å². The van der Waals surface area contributed by atoms with Crippen molar-refractivity contribution in [2.75, 3.05) is 13.2 Å². The summed E-state index contributed by atoms with van der Waals surface area (Å²) in [7, 11) is 0. The Hall–Kier alpha value is -1.26. The number of ether oxygens (including phenoxy) is 2. The predicted octanol–water partition coefficient (Wildman–Crippen LogP) is 2.09. The Labute approximate surface area is 99.5 Å². The van der Waals surface area contributed by atoms with Gasteiger partial charge >= 0.3 is 0 Å². The normalized spacial score (nSPS) is 17.0. The molecule has 1 fully saturated rings. The molecule has 0 aromatic heterocycles. The van der Waals surface area contributed by atoms with Gasteiger partial charge in [0.1, 0.15) is 11.6 Å². The first-order valence-corrected chi connectivity index (χ1v) is 5.73. The van der Waals surface area contributed by atoms with Crippen LogP contribution in [0, 0.1) is 5.82 Å². The largest absolute Gasteiger partial charge is 0.352 e. The van der Waals surface area contributed by atoms with E-state index in [1.807, 2.05) is 0 Å². The van der Waals surface area contributed by atoms with Crippen LogP contribution in [0.2, 0.25) is 0 Å². The zero-order valence-electron chi connectivity index (χ0n) is 9.52. The summed E-state index contributed by atoms with van der Waals surface area (Å²) in [5.41, 5.74) is 0.812. The minimum Gasteiger partial charge on any atom is -0.352 e. The molecule has 2 rings (SSSR count). The summed E-state index contributed by atoms with van der Waals surface area (Å²) < 4.78 is 23.3. The molecule has 1 aliphatic rings. The Balaban J connectivity index is 1.82. The second kappa shape index (κ2) is 5.89. The number of ketones is 1. The van der Waals surface area contributed by atoms with Crippen LogP contribution in [0.1, 0.15) is 18.4 Å². The first-order valence-electron chi connectivity index (χ1n) is 5.73. The molecule has 1 heterocycles. The van der Waals surface area contributed by atoms with Crippen molar-refractivity contribution in [3.05, 3.63) is 35.6 Å². The van der Waals surface area contributed by atoms with E-state index in [2.05, 4.69) is 0 Å². The van der Waals surface area contributed by atoms with E-state index in [-0.39, 0.29) is 18.0 Å². The predicted molar refractivity (Wildman–Crippen MR) is 60.0 cm³/mol. The maximum Gasteiger partial charge on any atom is 0.164 e. The highest BCUT2D eigenvalue weighted by molar-refractivity contribution is 5.81. The number of hydrogen-bond donors (Lipinski definition) is 0. The van der Waals surface area contributed by atoms with Crippen LogP contribution >= 0.6 is 0 Å². The second-order valence-electron chi connectivity index (χ2n) is 4.07. The fraction of sp³-hybridized carbons (Fsp3) is 0.462. The molecule has 1 aliphatic heterocycles. The fourth-order valence-corrected chi connectivity index (χ4v) is 1.74. The highest BCUT2D eigenvalue weighted by atomic mass is 19.1. The smallest absolute Gasteiger partial charge is 0.164 e. The second-order valence-corrected chi connectivity index (χ2v) is 4.07. The molecule has 1 aromatic carbocycles. The van der Waals surface area contributed by atoms with Crippen LogP contribution in [0.15, 0.2) is 24.3 Å². The zero-order valence-corrected chi connectivity index (χ0v) is 9.52. The molecule has 0 saturated carbocycles. The van der Waals surface area contributed by atoms with Gasteiger partial charge in [-0.05, 0) is 24.1 Å². The number of carbonyl (C=O) groups excluding carboxylic acids is 1. The summed E-state index contributed by atoms with van der Waals surface area (Å²) in [6.45, 7) is 1.29. The monoisotopic (exact) mass is 238 g/mol. The van der Waals surface area contributed by atoms with E-state index in [4.69, 9.17) is 9.47 Å². The average molecular weight is 238 g/mol. The molecular weight excluding hydrogens is 223 g/mol. The standard InChI is InChI=1S/C13H15FO3/c14-11-4-2-10(3-5-11)8-12(15)9-13-16-6-1-7-17-13/h2-5,13H,1,6-9H2. The van der Waals surface area contributed by atoms with Gasteiger partial charge < -0.3 is 9.47 Å². The first kappa shape index (κ1) is 12.2. The number of benzene rings is 1. The molecule has 0 unspecified atom stereocenters. The van der Waals surface area contributed by atoms with Crippen LogP contribution < -0.4 is 0 Å². The van der Waals surface area contributed by atoms with Gasteiger partial charge in [0.25, 0.3) is 0 Å². The van der Waals surface area contributed by atoms with Crippen molar-refractivity contribution in [3.8, 4) is 0 Å². The molecule has 0 aliphatic carbocycles. The van der Waals surface area contributed by atoms with Crippen LogP contribution in [0.25, 0.3) is 0 Å². The van der Waals surface area contributed by atoms with Crippen LogP contribution in [-0.2, 0) is 20.7 Å². The van der Waals surface area contributed by atoms with E-state index in [0.717, 1.165) is 12.0 Å². The summed E-state index contributed by atoms with van der Waals surface area (Å²) in [4.78, 5) is 11.7. The molecule has 0 radical (unpaired) electrons. The van der Waals surface area contributed by atoms with E-state index in [0.29, 0.717) is 19.6 Å². The molecule has 0 atom stereocenters. The average Bonchev–Trinajstić information content (AvgIpc) is 2.33. The number of halogens is 1. The third kappa shape index (κ3) is 3.91. The van der Waals surface area contributed by atoms with Crippen molar-refractivity contribution in [1.82, 2.24) is 0 Å². The third-order valence-corrected chi connectivity index (χ3v) is 2.61. The lowest BCUT2D eigenvalue weighted by Crippen LogP contribution is -2.27. The lowest BCUT2D eigenvalue weighted by Gasteiger charge is -2.22. The van der Waals surface area contributed by atoms with Gasteiger partial charge in [-0.25, -0.2) is 4.39 Å². The summed E-state index contributed by atoms with van der Waals surface area (Å²) in [5.74, 6) is -0.247. The van der Waals surface area contributed by atoms with Gasteiger partial charge in [-0.15, -0.1) is 0 Å². The van der Waals surface area contributed by atoms with E-state index in [1.54, 1.807) is 12.1 Å². The van der Waals surface area contributed by atoms with Gasteiger partial charge in [-0.1, -0.05) is 12.1 Å². The summed E-state index contributed by atoms with van der Waals surface area (Å²) in [6, 6.07) is 5.96. The molecule has 1 aromatic rings. The van der Waals surface area contributed by atoms with Crippen molar-refractivity contribution in [2.24, 2.45) is 0 Å². The maximum absolute atomic E-state index is 12.7. The van der Waals surface area contributed by atoms with Crippen LogP contribution in [0.5, 0.6) is 0 Å². The lowest BCUT2D eigenvalue weighted by atomic mass is 10.1. The summed E-state index contributed by atoms with van der Waals surface area (Å²) in [5, 5.41) is 0. The van der Waals surface area contributed by atoms with Gasteiger partial charge in [0.05, 0.1) is 19.6 Å². The molecule has 0 amide bonds. The number of rotatable bonds is 4. The van der Waals surface area contributed by atoms with Crippen molar-refractivity contribution in [1.29, 1.82) is 0 Å². The van der Waals surface area contributed by atoms with Gasteiger partial charge in [-0.3, -0.25) is 4.79 Å². The van der Waals surface area contributed by atoms with Gasteiger partial charge in [0.15, 0.2) is 6.29 Å². The lowest BCUT2D eigenvalue weighted by molar-refractivity contribution is -0.183. The number of carbonyl (C=O) groups is 1. The van der Waals surface area contributed by atoms with Crippen LogP contribution in [0.4, 0.5) is 4.39 Å². The van der Waals surface area contributed by atoms with Crippen molar-refractivity contribution in [3.63, 3.8) is 0 Å². The minimum atomic E-state index is -0.406. The first-order chi connectivity index (χ1) is 8.24. The van der Waals surface area contributed by atoms with E-state index in [1.165, 1.54) is 12.1 Å². The molecule has 1 saturated heterocycles. The Morgan fingerprint density at radius 2 is 1.88 bits per heavy atom. The molecule has 0 bridgehead atoms. The topological polar surface area (TPSA) is 35.5 Å². The molecule has 17 heavy (non-hydrogen) atoms. The minimum absolute atomic E-state index is 0.0449. The highest BCUT2D eigenvalue weighted by Crippen LogP contribution is 2.11. The molecule has 0 N–H and O–H groups in total. The van der Waals surface area contributed by atoms with Crippen LogP contribution in [-0.4, -0.2) is 25.3 Å². The molecule has 3 nitrogen and oxygen atoms in total. The number of Topliss-reactive ketones (excluding diaryl/α,β-unsaturated/α-hetero) is 1. The third-order valence-electron chi connectivity index (χ3n) is 2.61. The zero-order chi connectivity index (χ0) is 12.1. The Morgan fingerprint density at radius 1 is 1.24 bits per heavy atom. The molecular formula is C13H15FO3. The Morgan fingerprint density at radius 3 is 2.53 bits per heavy atom. The Kier molecular flexibility index (Phi) is 4.23. The van der Waals surface area contributed by atoms with E-state index >= 15 is 0 Å². The summed E-state index contributed by atoms with van der Waals surface area (Å²) >= 11 is 0. The number of hydrogen-bond acceptors (Lipinski definition) is 3. The van der Waals surface area contributed by atoms with E-state index < -0.39 is 6.29 Å². The molecule has 92 valence electrons. The molecule has 4 heteroatoms. The quantitative estimate of drug-likeness (QED) is 0.805. The molecule has 0 spiro atoms. The van der Waals surface area contributed by atoms with Crippen molar-refractivity contribution in [2.45, 2.75) is 25.6 Å². The van der Waals surface area contributed by atoms with Gasteiger partial charge in [0, 0.05) is 6.42 Å². The van der Waals surface area contributed by atoms with E-state index in [9.17, 15) is 9.18 Å². The fourth-order valence-electron chi connectivity index (χ4n) is 1.74. The SMILES string of the molecule is O=C(Cc1ccc(F)cc1)CC1OCCCO1. The summed E-state index contributed by atoms with van der Waals surface area (Å²) in [6.07, 6.45) is 1.03. The maximum atomic E-state index is 12.7. The highest BCUT2D eigenvalue weighted by Gasteiger charge is 2.18. The Bertz CT molecular complexity index is 369. The van der Waals surface area contributed by atoms with Crippen LogP contribution in [0.3, 0.4) is 0 Å². The van der Waals surface area contributed by atoms with Gasteiger partial charge in [-0.2, -0.15) is 0 Å². The van der Waals surface area contributed by atoms with Crippen molar-refractivity contribution < 1.29 is 18.7 Å².